The molecule has 0 saturated carbocycles. The van der Waals surface area contributed by atoms with E-state index in [1.54, 1.807) is 24.3 Å². The van der Waals surface area contributed by atoms with E-state index in [0.717, 1.165) is 18.5 Å². The second-order valence-corrected chi connectivity index (χ2v) is 8.32. The lowest BCUT2D eigenvalue weighted by Gasteiger charge is -2.37. The van der Waals surface area contributed by atoms with E-state index < -0.39 is 17.5 Å². The molecule has 1 radical (unpaired) electrons. The fourth-order valence-corrected chi connectivity index (χ4v) is 4.39. The van der Waals surface area contributed by atoms with Gasteiger partial charge in [0.15, 0.2) is 0 Å². The summed E-state index contributed by atoms with van der Waals surface area (Å²) in [5.41, 5.74) is 6.60. The summed E-state index contributed by atoms with van der Waals surface area (Å²) in [6, 6.07) is 12.6. The molecule has 4 amide bonds. The number of imide groups is 1. The Bertz CT molecular complexity index is 1020. The summed E-state index contributed by atoms with van der Waals surface area (Å²) >= 11 is 0. The van der Waals surface area contributed by atoms with E-state index >= 15 is 0 Å². The number of primary amides is 1. The van der Waals surface area contributed by atoms with Crippen molar-refractivity contribution >= 4 is 17.8 Å². The van der Waals surface area contributed by atoms with Crippen LogP contribution in [0.4, 0.5) is 9.18 Å². The molecule has 2 aliphatic rings. The Hall–Kier alpha value is -3.26. The van der Waals surface area contributed by atoms with E-state index in [9.17, 15) is 18.8 Å². The molecule has 2 fully saturated rings. The quantitative estimate of drug-likeness (QED) is 0.651. The summed E-state index contributed by atoms with van der Waals surface area (Å²) in [4.78, 5) is 40.6. The van der Waals surface area contributed by atoms with Crippen molar-refractivity contribution in [1.29, 1.82) is 0 Å². The second-order valence-electron chi connectivity index (χ2n) is 8.32. The Balaban J connectivity index is 1.30. The van der Waals surface area contributed by atoms with Gasteiger partial charge in [-0.15, -0.1) is 0 Å². The van der Waals surface area contributed by atoms with Crippen LogP contribution < -0.4 is 11.1 Å². The molecule has 1 spiro atoms. The lowest BCUT2D eigenvalue weighted by Crippen LogP contribution is -2.55. The van der Waals surface area contributed by atoms with Crippen LogP contribution in [0.5, 0.6) is 0 Å². The minimum Gasteiger partial charge on any atom is -0.366 e. The first-order chi connectivity index (χ1) is 15.4. The molecule has 0 bridgehead atoms. The highest BCUT2D eigenvalue weighted by atomic mass is 19.1. The van der Waals surface area contributed by atoms with Crippen LogP contribution in [-0.4, -0.2) is 52.8 Å². The molecule has 7 nitrogen and oxygen atoms in total. The van der Waals surface area contributed by atoms with E-state index in [0.29, 0.717) is 37.1 Å². The Morgan fingerprint density at radius 2 is 1.78 bits per heavy atom. The molecule has 3 N–H and O–H groups in total. The Morgan fingerprint density at radius 1 is 1.09 bits per heavy atom. The SMILES string of the molecule is NC(=O)c1ccccc1[CH]CCN1CCC2(CC1)NC(=O)N(Cc1ccc(F)cc1)C2=O. The fraction of sp³-hybridized carbons (Fsp3) is 0.333. The minimum absolute atomic E-state index is 0.130. The molecule has 4 rings (SSSR count). The number of halogens is 1. The number of carbonyl (C=O) groups is 3. The number of nitrogens with two attached hydrogens (primary N) is 1. The van der Waals surface area contributed by atoms with Crippen molar-refractivity contribution < 1.29 is 18.8 Å². The zero-order valence-corrected chi connectivity index (χ0v) is 17.7. The maximum Gasteiger partial charge on any atom is 0.325 e. The topological polar surface area (TPSA) is 95.7 Å². The number of hydrogen-bond acceptors (Lipinski definition) is 4. The van der Waals surface area contributed by atoms with Crippen molar-refractivity contribution in [2.45, 2.75) is 31.3 Å². The summed E-state index contributed by atoms with van der Waals surface area (Å²) in [6.07, 6.45) is 3.82. The van der Waals surface area contributed by atoms with Crippen molar-refractivity contribution in [2.75, 3.05) is 19.6 Å². The van der Waals surface area contributed by atoms with Gasteiger partial charge in [0.2, 0.25) is 5.91 Å². The number of nitrogens with one attached hydrogen (secondary N) is 1. The van der Waals surface area contributed by atoms with Crippen LogP contribution in [0.2, 0.25) is 0 Å². The summed E-state index contributed by atoms with van der Waals surface area (Å²) in [5.74, 6) is -1.02. The third-order valence-corrected chi connectivity index (χ3v) is 6.25. The zero-order chi connectivity index (χ0) is 22.7. The lowest BCUT2D eigenvalue weighted by atomic mass is 9.87. The fourth-order valence-electron chi connectivity index (χ4n) is 4.39. The summed E-state index contributed by atoms with van der Waals surface area (Å²) in [5, 5.41) is 2.90. The van der Waals surface area contributed by atoms with E-state index in [-0.39, 0.29) is 18.3 Å². The molecule has 167 valence electrons. The van der Waals surface area contributed by atoms with E-state index in [1.165, 1.54) is 17.0 Å². The highest BCUT2D eigenvalue weighted by molar-refractivity contribution is 6.07. The van der Waals surface area contributed by atoms with Gasteiger partial charge in [0.05, 0.1) is 6.54 Å². The molecule has 0 unspecified atom stereocenters. The van der Waals surface area contributed by atoms with Gasteiger partial charge in [-0.1, -0.05) is 30.3 Å². The van der Waals surface area contributed by atoms with Gasteiger partial charge in [0.25, 0.3) is 5.91 Å². The van der Waals surface area contributed by atoms with Crippen LogP contribution in [0.25, 0.3) is 0 Å². The highest BCUT2D eigenvalue weighted by Gasteiger charge is 2.52. The van der Waals surface area contributed by atoms with Gasteiger partial charge in [-0.3, -0.25) is 14.5 Å². The third kappa shape index (κ3) is 4.50. The number of amides is 4. The lowest BCUT2D eigenvalue weighted by molar-refractivity contribution is -0.133. The number of likely N-dealkylation sites (tertiary alicyclic amines) is 1. The Kier molecular flexibility index (Phi) is 6.23. The van der Waals surface area contributed by atoms with Gasteiger partial charge in [0.1, 0.15) is 11.4 Å². The van der Waals surface area contributed by atoms with E-state index in [1.807, 2.05) is 18.6 Å². The van der Waals surface area contributed by atoms with Crippen LogP contribution >= 0.6 is 0 Å². The predicted octanol–water partition coefficient (Wildman–Crippen LogP) is 2.45. The van der Waals surface area contributed by atoms with Gasteiger partial charge >= 0.3 is 6.03 Å². The first-order valence-electron chi connectivity index (χ1n) is 10.7. The molecule has 2 saturated heterocycles. The van der Waals surface area contributed by atoms with Crippen LogP contribution in [0.3, 0.4) is 0 Å². The minimum atomic E-state index is -0.865. The van der Waals surface area contributed by atoms with Crippen LogP contribution in [0.1, 0.15) is 40.7 Å². The first-order valence-corrected chi connectivity index (χ1v) is 10.7. The number of carbonyl (C=O) groups excluding carboxylic acids is 3. The Morgan fingerprint density at radius 3 is 2.47 bits per heavy atom. The van der Waals surface area contributed by atoms with Crippen LogP contribution in [-0.2, 0) is 11.3 Å². The van der Waals surface area contributed by atoms with Crippen molar-refractivity contribution in [3.63, 3.8) is 0 Å². The van der Waals surface area contributed by atoms with Crippen LogP contribution in [0.15, 0.2) is 48.5 Å². The average molecular weight is 437 g/mol. The number of hydrogen-bond donors (Lipinski definition) is 2. The molecule has 0 aliphatic carbocycles. The standard InChI is InChI=1S/C24H26FN4O3/c25-19-9-7-17(8-10-19)16-29-22(31)24(27-23(29)32)11-14-28(15-12-24)13-3-5-18-4-1-2-6-20(18)21(26)30/h1-2,4-10H,3,11-16H2,(H2,26,30)(H,27,32). The average Bonchev–Trinajstić information content (AvgIpc) is 3.01. The van der Waals surface area contributed by atoms with Gasteiger partial charge < -0.3 is 16.0 Å². The normalized spacial score (nSPS) is 18.2. The number of rotatable bonds is 7. The molecule has 2 aromatic rings. The van der Waals surface area contributed by atoms with Crippen molar-refractivity contribution in [3.8, 4) is 0 Å². The summed E-state index contributed by atoms with van der Waals surface area (Å²) in [6.45, 7) is 2.28. The maximum atomic E-state index is 13.1. The molecule has 0 atom stereocenters. The Labute approximate surface area is 186 Å². The van der Waals surface area contributed by atoms with Gasteiger partial charge in [-0.25, -0.2) is 9.18 Å². The van der Waals surface area contributed by atoms with Crippen molar-refractivity contribution in [2.24, 2.45) is 5.73 Å². The third-order valence-electron chi connectivity index (χ3n) is 6.25. The van der Waals surface area contributed by atoms with E-state index in [4.69, 9.17) is 5.73 Å². The second kappa shape index (κ2) is 9.08. The number of piperidine rings is 1. The molecule has 0 aromatic heterocycles. The van der Waals surface area contributed by atoms with Gasteiger partial charge in [0, 0.05) is 18.7 Å². The summed E-state index contributed by atoms with van der Waals surface area (Å²) < 4.78 is 13.1. The zero-order valence-electron chi connectivity index (χ0n) is 17.7. The highest BCUT2D eigenvalue weighted by Crippen LogP contribution is 2.30. The number of urea groups is 1. The molecular weight excluding hydrogens is 411 g/mol. The summed E-state index contributed by atoms with van der Waals surface area (Å²) in [7, 11) is 0. The smallest absolute Gasteiger partial charge is 0.325 e. The molecular formula is C24H26FN4O3. The van der Waals surface area contributed by atoms with Gasteiger partial charge in [-0.05, 0) is 61.6 Å². The van der Waals surface area contributed by atoms with Gasteiger partial charge in [-0.2, -0.15) is 0 Å². The number of nitrogens with zero attached hydrogens (tertiary/aromatic N) is 2. The van der Waals surface area contributed by atoms with Crippen LogP contribution in [0, 0.1) is 12.2 Å². The van der Waals surface area contributed by atoms with Crippen molar-refractivity contribution in [1.82, 2.24) is 15.1 Å². The monoisotopic (exact) mass is 437 g/mol. The maximum absolute atomic E-state index is 13.1. The largest absolute Gasteiger partial charge is 0.366 e. The van der Waals surface area contributed by atoms with Crippen molar-refractivity contribution in [3.05, 3.63) is 77.5 Å². The molecule has 2 aromatic carbocycles. The number of benzene rings is 2. The molecule has 8 heteroatoms. The molecule has 2 heterocycles. The predicted molar refractivity (Wildman–Crippen MR) is 117 cm³/mol. The molecule has 2 aliphatic heterocycles. The molecule has 32 heavy (non-hydrogen) atoms. The first kappa shape index (κ1) is 22.0. The van der Waals surface area contributed by atoms with E-state index in [2.05, 4.69) is 10.2 Å².